The van der Waals surface area contributed by atoms with Crippen LogP contribution in [0.15, 0.2) is 58.1 Å². The molecule has 0 unspecified atom stereocenters. The van der Waals surface area contributed by atoms with E-state index in [0.29, 0.717) is 39.6 Å². The second-order valence-corrected chi connectivity index (χ2v) is 10.8. The minimum atomic E-state index is -0.580. The van der Waals surface area contributed by atoms with Crippen molar-refractivity contribution in [3.8, 4) is 5.69 Å². The van der Waals surface area contributed by atoms with Gasteiger partial charge in [-0.05, 0) is 62.2 Å². The van der Waals surface area contributed by atoms with Crippen LogP contribution >= 0.6 is 22.9 Å². The first kappa shape index (κ1) is 23.5. The Balaban J connectivity index is 1.70. The van der Waals surface area contributed by atoms with Gasteiger partial charge in [0.2, 0.25) is 5.91 Å². The van der Waals surface area contributed by atoms with Crippen molar-refractivity contribution in [1.29, 1.82) is 0 Å². The molecule has 9 heteroatoms. The minimum absolute atomic E-state index is 0.235. The molecule has 0 atom stereocenters. The zero-order valence-corrected chi connectivity index (χ0v) is 21.1. The van der Waals surface area contributed by atoms with Crippen molar-refractivity contribution < 1.29 is 9.53 Å². The zero-order chi connectivity index (χ0) is 24.9. The number of hydrogen-bond acceptors (Lipinski definition) is 5. The highest BCUT2D eigenvalue weighted by Crippen LogP contribution is 2.37. The summed E-state index contributed by atoms with van der Waals surface area (Å²) in [5.41, 5.74) is 1.43. The summed E-state index contributed by atoms with van der Waals surface area (Å²) >= 11 is 7.37. The van der Waals surface area contributed by atoms with Gasteiger partial charge in [0.25, 0.3) is 5.56 Å². The van der Waals surface area contributed by atoms with Crippen molar-refractivity contribution in [1.82, 2.24) is 9.13 Å². The number of amides is 1. The van der Waals surface area contributed by atoms with Crippen LogP contribution < -0.4 is 16.6 Å². The molecule has 0 saturated carbocycles. The Morgan fingerprint density at radius 1 is 1.14 bits per heavy atom. The predicted molar refractivity (Wildman–Crippen MR) is 139 cm³/mol. The number of halogens is 1. The Kier molecular flexibility index (Phi) is 5.91. The quantitative estimate of drug-likeness (QED) is 0.433. The molecule has 1 aliphatic heterocycles. The molecule has 2 aromatic heterocycles. The molecule has 7 nitrogen and oxygen atoms in total. The molecule has 0 radical (unpaired) electrons. The molecule has 1 amide bonds. The number of aromatic nitrogens is 2. The lowest BCUT2D eigenvalue weighted by atomic mass is 9.94. The van der Waals surface area contributed by atoms with Gasteiger partial charge in [-0.1, -0.05) is 29.8 Å². The van der Waals surface area contributed by atoms with E-state index in [2.05, 4.69) is 5.32 Å². The first-order valence-electron chi connectivity index (χ1n) is 11.2. The average Bonchev–Trinajstić information content (AvgIpc) is 3.17. The number of benzene rings is 2. The van der Waals surface area contributed by atoms with Gasteiger partial charge in [0.05, 0.1) is 23.3 Å². The van der Waals surface area contributed by atoms with Crippen molar-refractivity contribution >= 4 is 44.7 Å². The first-order valence-corrected chi connectivity index (χ1v) is 12.4. The van der Waals surface area contributed by atoms with E-state index in [4.69, 9.17) is 16.3 Å². The minimum Gasteiger partial charge on any atom is -0.370 e. The molecule has 180 valence electrons. The molecule has 4 aromatic rings. The van der Waals surface area contributed by atoms with Gasteiger partial charge in [-0.15, -0.1) is 11.3 Å². The topological polar surface area (TPSA) is 82.3 Å². The van der Waals surface area contributed by atoms with E-state index in [9.17, 15) is 14.4 Å². The van der Waals surface area contributed by atoms with Gasteiger partial charge in [-0.2, -0.15) is 0 Å². The SMILES string of the molecule is Cc1ccccc1NC(=O)Cn1c(=O)n(-c2ccc(Cl)cc2)c(=O)c2c3c(sc21)COC(C)(C)C3. The highest BCUT2D eigenvalue weighted by molar-refractivity contribution is 7.18. The lowest BCUT2D eigenvalue weighted by Gasteiger charge is -2.29. The fraction of sp³-hybridized carbons (Fsp3) is 0.269. The van der Waals surface area contributed by atoms with E-state index in [1.54, 1.807) is 24.3 Å². The molecule has 3 heterocycles. The number of thiophene rings is 1. The monoisotopic (exact) mass is 509 g/mol. The third-order valence-electron chi connectivity index (χ3n) is 6.16. The standard InChI is InChI=1S/C26H24ClN3O4S/c1-15-6-4-5-7-19(15)28-21(31)13-29-24-22(18-12-26(2,3)34-14-20(18)35-24)23(32)30(25(29)33)17-10-8-16(27)9-11-17/h4-11H,12-14H2,1-3H3,(H,28,31). The Hall–Kier alpha value is -3.20. The van der Waals surface area contributed by atoms with E-state index >= 15 is 0 Å². The summed E-state index contributed by atoms with van der Waals surface area (Å²) in [5.74, 6) is -0.355. The maximum atomic E-state index is 13.7. The number of hydrogen-bond donors (Lipinski definition) is 1. The van der Waals surface area contributed by atoms with Crippen LogP contribution in [0.25, 0.3) is 15.9 Å². The van der Waals surface area contributed by atoms with Gasteiger partial charge in [0.15, 0.2) is 0 Å². The number of anilines is 1. The Morgan fingerprint density at radius 3 is 2.57 bits per heavy atom. The summed E-state index contributed by atoms with van der Waals surface area (Å²) in [4.78, 5) is 41.8. The molecule has 1 aliphatic rings. The third-order valence-corrected chi connectivity index (χ3v) is 7.64. The lowest BCUT2D eigenvalue weighted by Crippen LogP contribution is -2.41. The molecule has 1 N–H and O–H groups in total. The van der Waals surface area contributed by atoms with Gasteiger partial charge < -0.3 is 10.1 Å². The summed E-state index contributed by atoms with van der Waals surface area (Å²) in [6, 6.07) is 13.9. The summed E-state index contributed by atoms with van der Waals surface area (Å²) < 4.78 is 8.46. The summed E-state index contributed by atoms with van der Waals surface area (Å²) in [6.45, 7) is 5.97. The second kappa shape index (κ2) is 8.78. The molecule has 0 fully saturated rings. The Bertz CT molecular complexity index is 1580. The fourth-order valence-electron chi connectivity index (χ4n) is 4.36. The number of carbonyl (C=O) groups excluding carboxylic acids is 1. The number of para-hydroxylation sites is 1. The van der Waals surface area contributed by atoms with Crippen LogP contribution in [0, 0.1) is 6.92 Å². The lowest BCUT2D eigenvalue weighted by molar-refractivity contribution is -0.116. The highest BCUT2D eigenvalue weighted by Gasteiger charge is 2.32. The highest BCUT2D eigenvalue weighted by atomic mass is 35.5. The summed E-state index contributed by atoms with van der Waals surface area (Å²) in [6.07, 6.45) is 0.534. The van der Waals surface area contributed by atoms with Gasteiger partial charge in [0, 0.05) is 22.0 Å². The smallest absolute Gasteiger partial charge is 0.337 e. The molecule has 0 aliphatic carbocycles. The third kappa shape index (κ3) is 4.33. The van der Waals surface area contributed by atoms with Gasteiger partial charge in [0.1, 0.15) is 11.4 Å². The van der Waals surface area contributed by atoms with E-state index < -0.39 is 16.9 Å². The number of nitrogens with one attached hydrogen (secondary N) is 1. The van der Waals surface area contributed by atoms with Crippen molar-refractivity contribution in [3.63, 3.8) is 0 Å². The molecule has 0 saturated heterocycles. The molecule has 5 rings (SSSR count). The molecular formula is C26H24ClN3O4S. The van der Waals surface area contributed by atoms with Crippen molar-refractivity contribution in [3.05, 3.63) is 90.4 Å². The van der Waals surface area contributed by atoms with Crippen LogP contribution in [0.4, 0.5) is 5.69 Å². The second-order valence-electron chi connectivity index (χ2n) is 9.26. The van der Waals surface area contributed by atoms with Gasteiger partial charge in [-0.25, -0.2) is 9.36 Å². The van der Waals surface area contributed by atoms with E-state index in [1.165, 1.54) is 15.9 Å². The number of aryl methyl sites for hydroxylation is 1. The van der Waals surface area contributed by atoms with Gasteiger partial charge >= 0.3 is 5.69 Å². The van der Waals surface area contributed by atoms with Crippen LogP contribution in [0.2, 0.25) is 5.02 Å². The molecule has 35 heavy (non-hydrogen) atoms. The fourth-order valence-corrected chi connectivity index (χ4v) is 5.70. The van der Waals surface area contributed by atoms with E-state index in [1.807, 2.05) is 45.0 Å². The number of nitrogens with zero attached hydrogens (tertiary/aromatic N) is 2. The predicted octanol–water partition coefficient (Wildman–Crippen LogP) is 4.67. The molecule has 0 bridgehead atoms. The van der Waals surface area contributed by atoms with Crippen LogP contribution in [0.3, 0.4) is 0 Å². The summed E-state index contributed by atoms with van der Waals surface area (Å²) in [7, 11) is 0. The maximum Gasteiger partial charge on any atom is 0.337 e. The Morgan fingerprint density at radius 2 is 1.86 bits per heavy atom. The van der Waals surface area contributed by atoms with Crippen LogP contribution in [-0.2, 0) is 29.1 Å². The number of carbonyl (C=O) groups is 1. The van der Waals surface area contributed by atoms with E-state index in [0.717, 1.165) is 20.6 Å². The first-order chi connectivity index (χ1) is 16.6. The number of rotatable bonds is 4. The largest absolute Gasteiger partial charge is 0.370 e. The Labute approximate surface area is 210 Å². The van der Waals surface area contributed by atoms with Crippen molar-refractivity contribution in [2.75, 3.05) is 5.32 Å². The van der Waals surface area contributed by atoms with Crippen molar-refractivity contribution in [2.45, 2.75) is 45.9 Å². The maximum absolute atomic E-state index is 13.7. The molecule has 2 aromatic carbocycles. The van der Waals surface area contributed by atoms with Gasteiger partial charge in [-0.3, -0.25) is 14.2 Å². The van der Waals surface area contributed by atoms with Crippen molar-refractivity contribution in [2.24, 2.45) is 0 Å². The van der Waals surface area contributed by atoms with Crippen LogP contribution in [0.1, 0.15) is 29.9 Å². The summed E-state index contributed by atoms with van der Waals surface area (Å²) in [5, 5.41) is 3.83. The van der Waals surface area contributed by atoms with Crippen LogP contribution in [0.5, 0.6) is 0 Å². The van der Waals surface area contributed by atoms with Crippen LogP contribution in [-0.4, -0.2) is 20.6 Å². The zero-order valence-electron chi connectivity index (χ0n) is 19.6. The average molecular weight is 510 g/mol. The number of ether oxygens (including phenoxy) is 1. The molecular weight excluding hydrogens is 486 g/mol. The normalized spacial score (nSPS) is 14.6. The number of fused-ring (bicyclic) bond motifs is 3. The molecule has 0 spiro atoms. The van der Waals surface area contributed by atoms with E-state index in [-0.39, 0.29) is 12.5 Å².